The summed E-state index contributed by atoms with van der Waals surface area (Å²) in [5, 5.41) is 0. The van der Waals surface area contributed by atoms with Gasteiger partial charge in [-0.1, -0.05) is 6.42 Å². The predicted molar refractivity (Wildman–Crippen MR) is 114 cm³/mol. The molecule has 174 valence electrons. The van der Waals surface area contributed by atoms with E-state index in [4.69, 9.17) is 18.9 Å². The molecule has 3 rings (SSSR count). The average molecular weight is 457 g/mol. The second-order valence-electron chi connectivity index (χ2n) is 7.63. The number of nitrogens with zero attached hydrogens (tertiary/aromatic N) is 2. The van der Waals surface area contributed by atoms with E-state index in [9.17, 15) is 13.2 Å². The Kier molecular flexibility index (Phi) is 8.53. The lowest BCUT2D eigenvalue weighted by Gasteiger charge is -2.27. The molecule has 0 aromatic heterocycles. The molecule has 0 aliphatic carbocycles. The van der Waals surface area contributed by atoms with E-state index in [0.29, 0.717) is 49.9 Å². The Hall–Kier alpha value is -1.88. The van der Waals surface area contributed by atoms with Gasteiger partial charge in [0.05, 0.1) is 38.7 Å². The van der Waals surface area contributed by atoms with E-state index in [0.717, 1.165) is 32.4 Å². The van der Waals surface area contributed by atoms with Crippen molar-refractivity contribution in [3.8, 4) is 11.5 Å². The van der Waals surface area contributed by atoms with Crippen molar-refractivity contribution in [2.45, 2.75) is 30.6 Å². The van der Waals surface area contributed by atoms with Gasteiger partial charge in [-0.2, -0.15) is 4.31 Å². The van der Waals surface area contributed by atoms with Crippen LogP contribution in [0.5, 0.6) is 11.5 Å². The zero-order chi connectivity index (χ0) is 22.3. The quantitative estimate of drug-likeness (QED) is 0.513. The molecular weight excluding hydrogens is 424 g/mol. The molecule has 2 aliphatic rings. The van der Waals surface area contributed by atoms with Crippen LogP contribution < -0.4 is 9.47 Å². The molecule has 31 heavy (non-hydrogen) atoms. The summed E-state index contributed by atoms with van der Waals surface area (Å²) < 4.78 is 49.5. The van der Waals surface area contributed by atoms with Crippen LogP contribution in [0.15, 0.2) is 17.0 Å². The number of esters is 1. The second-order valence-corrected chi connectivity index (χ2v) is 9.54. The second kappa shape index (κ2) is 11.1. The summed E-state index contributed by atoms with van der Waals surface area (Å²) in [5.41, 5.74) is 0.347. The minimum absolute atomic E-state index is 0.0668. The third kappa shape index (κ3) is 6.09. The lowest BCUT2D eigenvalue weighted by molar-refractivity contribution is -0.143. The van der Waals surface area contributed by atoms with Gasteiger partial charge in [-0.3, -0.25) is 9.69 Å². The molecule has 1 aromatic rings. The fourth-order valence-electron chi connectivity index (χ4n) is 3.84. The predicted octanol–water partition coefficient (Wildman–Crippen LogP) is 1.30. The van der Waals surface area contributed by atoms with Crippen LogP contribution in [0.25, 0.3) is 0 Å². The van der Waals surface area contributed by atoms with Gasteiger partial charge in [0.15, 0.2) is 11.5 Å². The van der Waals surface area contributed by atoms with Crippen LogP contribution in [0.4, 0.5) is 0 Å². The summed E-state index contributed by atoms with van der Waals surface area (Å²) >= 11 is 0. The summed E-state index contributed by atoms with van der Waals surface area (Å²) in [6.07, 6.45) is 2.50. The molecule has 2 saturated heterocycles. The Morgan fingerprint density at radius 2 is 1.65 bits per heavy atom. The van der Waals surface area contributed by atoms with Crippen LogP contribution >= 0.6 is 0 Å². The zero-order valence-electron chi connectivity index (χ0n) is 18.3. The molecule has 0 saturated carbocycles. The lowest BCUT2D eigenvalue weighted by atomic mass is 10.1. The van der Waals surface area contributed by atoms with E-state index >= 15 is 0 Å². The maximum absolute atomic E-state index is 13.3. The Balaban J connectivity index is 1.76. The van der Waals surface area contributed by atoms with E-state index < -0.39 is 16.0 Å². The minimum atomic E-state index is -3.77. The summed E-state index contributed by atoms with van der Waals surface area (Å²) in [6.45, 7) is 4.80. The molecule has 2 aliphatic heterocycles. The Bertz CT molecular complexity index is 848. The first-order chi connectivity index (χ1) is 15.0. The van der Waals surface area contributed by atoms with Gasteiger partial charge in [0.2, 0.25) is 10.0 Å². The SMILES string of the molecule is COc1cc(CC(=O)OCCN2CCOCC2)c(S(=O)(=O)N2CCCCC2)cc1OC. The van der Waals surface area contributed by atoms with Crippen molar-refractivity contribution in [1.29, 1.82) is 0 Å². The maximum Gasteiger partial charge on any atom is 0.310 e. The Labute approximate surface area is 184 Å². The van der Waals surface area contributed by atoms with Crippen LogP contribution in [0, 0.1) is 0 Å². The smallest absolute Gasteiger partial charge is 0.310 e. The highest BCUT2D eigenvalue weighted by Gasteiger charge is 2.30. The molecule has 0 radical (unpaired) electrons. The first-order valence-electron chi connectivity index (χ1n) is 10.7. The van der Waals surface area contributed by atoms with Crippen molar-refractivity contribution < 1.29 is 32.2 Å². The normalized spacial score (nSPS) is 18.5. The number of benzene rings is 1. The summed E-state index contributed by atoms with van der Waals surface area (Å²) in [7, 11) is -0.839. The Morgan fingerprint density at radius 3 is 2.29 bits per heavy atom. The number of morpholine rings is 1. The largest absolute Gasteiger partial charge is 0.493 e. The molecule has 0 amide bonds. The molecule has 2 fully saturated rings. The third-order valence-corrected chi connectivity index (χ3v) is 7.59. The average Bonchev–Trinajstić information content (AvgIpc) is 2.80. The summed E-state index contributed by atoms with van der Waals surface area (Å²) in [4.78, 5) is 14.8. The van der Waals surface area contributed by atoms with Gasteiger partial charge in [-0.05, 0) is 24.5 Å². The number of hydrogen-bond acceptors (Lipinski definition) is 8. The number of ether oxygens (including phenoxy) is 4. The molecule has 2 heterocycles. The van der Waals surface area contributed by atoms with Crippen molar-refractivity contribution in [1.82, 2.24) is 9.21 Å². The van der Waals surface area contributed by atoms with Crippen LogP contribution in [-0.4, -0.2) is 90.4 Å². The lowest BCUT2D eigenvalue weighted by Crippen LogP contribution is -2.38. The first kappa shape index (κ1) is 23.8. The van der Waals surface area contributed by atoms with Crippen molar-refractivity contribution in [3.63, 3.8) is 0 Å². The molecule has 10 heteroatoms. The third-order valence-electron chi connectivity index (χ3n) is 5.61. The van der Waals surface area contributed by atoms with Gasteiger partial charge in [0.25, 0.3) is 0 Å². The van der Waals surface area contributed by atoms with Crippen molar-refractivity contribution >= 4 is 16.0 Å². The van der Waals surface area contributed by atoms with Gasteiger partial charge in [-0.15, -0.1) is 0 Å². The number of hydrogen-bond donors (Lipinski definition) is 0. The van der Waals surface area contributed by atoms with Gasteiger partial charge < -0.3 is 18.9 Å². The van der Waals surface area contributed by atoms with E-state index in [1.54, 1.807) is 6.07 Å². The fraction of sp³-hybridized carbons (Fsp3) is 0.667. The van der Waals surface area contributed by atoms with E-state index in [2.05, 4.69) is 4.90 Å². The van der Waals surface area contributed by atoms with Crippen LogP contribution in [0.2, 0.25) is 0 Å². The topological polar surface area (TPSA) is 94.6 Å². The van der Waals surface area contributed by atoms with E-state index in [1.807, 2.05) is 0 Å². The van der Waals surface area contributed by atoms with Crippen molar-refractivity contribution in [2.75, 3.05) is 66.8 Å². The van der Waals surface area contributed by atoms with Gasteiger partial charge >= 0.3 is 5.97 Å². The highest BCUT2D eigenvalue weighted by Crippen LogP contribution is 2.35. The van der Waals surface area contributed by atoms with Crippen LogP contribution in [0.3, 0.4) is 0 Å². The zero-order valence-corrected chi connectivity index (χ0v) is 19.1. The molecule has 9 nitrogen and oxygen atoms in total. The number of methoxy groups -OCH3 is 2. The maximum atomic E-state index is 13.3. The van der Waals surface area contributed by atoms with Crippen molar-refractivity contribution in [2.24, 2.45) is 0 Å². The number of carbonyl (C=O) groups excluding carboxylic acids is 1. The number of piperidine rings is 1. The van der Waals surface area contributed by atoms with Crippen LogP contribution in [0.1, 0.15) is 24.8 Å². The molecule has 0 bridgehead atoms. The molecule has 0 spiro atoms. The van der Waals surface area contributed by atoms with Gasteiger partial charge in [-0.25, -0.2) is 8.42 Å². The molecule has 1 aromatic carbocycles. The van der Waals surface area contributed by atoms with E-state index in [1.165, 1.54) is 24.6 Å². The Morgan fingerprint density at radius 1 is 1.00 bits per heavy atom. The number of carbonyl (C=O) groups is 1. The minimum Gasteiger partial charge on any atom is -0.493 e. The molecule has 0 unspecified atom stereocenters. The van der Waals surface area contributed by atoms with Gasteiger partial charge in [0.1, 0.15) is 6.61 Å². The molecule has 0 atom stereocenters. The first-order valence-corrected chi connectivity index (χ1v) is 12.1. The number of sulfonamides is 1. The number of rotatable bonds is 9. The highest BCUT2D eigenvalue weighted by atomic mass is 32.2. The van der Waals surface area contributed by atoms with E-state index in [-0.39, 0.29) is 17.9 Å². The molecule has 0 N–H and O–H groups in total. The standard InChI is InChI=1S/C21H32N2O7S/c1-27-18-14-17(15-21(24)30-13-10-22-8-11-29-12-9-22)20(16-19(18)28-2)31(25,26)23-6-4-3-5-7-23/h14,16H,3-13,15H2,1-2H3. The molecular formula is C21H32N2O7S. The fourth-order valence-corrected chi connectivity index (χ4v) is 5.58. The summed E-state index contributed by atoms with van der Waals surface area (Å²) in [5.74, 6) is 0.203. The van der Waals surface area contributed by atoms with Gasteiger partial charge in [0, 0.05) is 38.8 Å². The van der Waals surface area contributed by atoms with Crippen molar-refractivity contribution in [3.05, 3.63) is 17.7 Å². The summed E-state index contributed by atoms with van der Waals surface area (Å²) in [6, 6.07) is 3.00. The van der Waals surface area contributed by atoms with Crippen LogP contribution in [-0.2, 0) is 30.7 Å². The monoisotopic (exact) mass is 456 g/mol. The highest BCUT2D eigenvalue weighted by molar-refractivity contribution is 7.89.